The third kappa shape index (κ3) is 4.45. The van der Waals surface area contributed by atoms with Gasteiger partial charge in [0.1, 0.15) is 0 Å². The summed E-state index contributed by atoms with van der Waals surface area (Å²) in [4.78, 5) is 18.4. The molecule has 0 aliphatic rings. The van der Waals surface area contributed by atoms with E-state index >= 15 is 0 Å². The summed E-state index contributed by atoms with van der Waals surface area (Å²) in [6.07, 6.45) is -3.14. The van der Waals surface area contributed by atoms with Crippen LogP contribution < -0.4 is 5.48 Å². The zero-order valence-corrected chi connectivity index (χ0v) is 10.2. The van der Waals surface area contributed by atoms with Crippen LogP contribution >= 0.6 is 0 Å². The standard InChI is InChI=1S/C10H12F3N3O3/c1-6-3-14-8(7(2)9(6)16(17)18)4-15-19-5-10(11,12)13/h3,15H,4-5H2,1-2H3. The van der Waals surface area contributed by atoms with Crippen LogP contribution in [0.15, 0.2) is 6.20 Å². The first-order chi connectivity index (χ1) is 8.72. The largest absolute Gasteiger partial charge is 0.413 e. The van der Waals surface area contributed by atoms with Crippen LogP contribution in [0.5, 0.6) is 0 Å². The van der Waals surface area contributed by atoms with E-state index in [9.17, 15) is 23.3 Å². The maximum Gasteiger partial charge on any atom is 0.413 e. The lowest BCUT2D eigenvalue weighted by Gasteiger charge is -2.10. The Morgan fingerprint density at radius 1 is 1.47 bits per heavy atom. The van der Waals surface area contributed by atoms with Crippen molar-refractivity contribution in [3.05, 3.63) is 33.1 Å². The van der Waals surface area contributed by atoms with Crippen LogP contribution in [0.2, 0.25) is 0 Å². The predicted molar refractivity (Wildman–Crippen MR) is 59.2 cm³/mol. The Morgan fingerprint density at radius 3 is 2.63 bits per heavy atom. The first kappa shape index (κ1) is 15.3. The van der Waals surface area contributed by atoms with E-state index in [4.69, 9.17) is 0 Å². The first-order valence-corrected chi connectivity index (χ1v) is 5.23. The second-order valence-corrected chi connectivity index (χ2v) is 3.84. The van der Waals surface area contributed by atoms with Gasteiger partial charge in [-0.2, -0.15) is 18.7 Å². The van der Waals surface area contributed by atoms with Gasteiger partial charge in [-0.15, -0.1) is 0 Å². The number of halogens is 3. The topological polar surface area (TPSA) is 77.3 Å². The molecule has 106 valence electrons. The van der Waals surface area contributed by atoms with Gasteiger partial charge in [-0.25, -0.2) is 0 Å². The molecule has 0 amide bonds. The molecule has 1 aromatic heterocycles. The highest BCUT2D eigenvalue weighted by atomic mass is 19.4. The number of nitro groups is 1. The second-order valence-electron chi connectivity index (χ2n) is 3.84. The van der Waals surface area contributed by atoms with Gasteiger partial charge >= 0.3 is 6.18 Å². The molecule has 0 aromatic carbocycles. The summed E-state index contributed by atoms with van der Waals surface area (Å²) in [5.41, 5.74) is 2.94. The van der Waals surface area contributed by atoms with Crippen molar-refractivity contribution in [3.8, 4) is 0 Å². The van der Waals surface area contributed by atoms with Gasteiger partial charge in [0.25, 0.3) is 5.69 Å². The molecule has 19 heavy (non-hydrogen) atoms. The minimum absolute atomic E-state index is 0.0948. The number of nitrogens with one attached hydrogen (secondary N) is 1. The molecule has 6 nitrogen and oxygen atoms in total. The number of alkyl halides is 3. The molecule has 1 heterocycles. The second kappa shape index (κ2) is 5.93. The lowest BCUT2D eigenvalue weighted by Crippen LogP contribution is -2.25. The molecule has 0 aliphatic heterocycles. The van der Waals surface area contributed by atoms with Gasteiger partial charge in [0.15, 0.2) is 6.61 Å². The van der Waals surface area contributed by atoms with Crippen molar-refractivity contribution in [1.82, 2.24) is 10.5 Å². The fourth-order valence-corrected chi connectivity index (χ4v) is 1.48. The molecule has 1 N–H and O–H groups in total. The summed E-state index contributed by atoms with van der Waals surface area (Å²) in [6.45, 7) is 1.43. The molecule has 0 aliphatic carbocycles. The van der Waals surface area contributed by atoms with Crippen molar-refractivity contribution in [1.29, 1.82) is 0 Å². The summed E-state index contributed by atoms with van der Waals surface area (Å²) in [5.74, 6) is 0. The predicted octanol–water partition coefficient (Wildman–Crippen LogP) is 2.19. The van der Waals surface area contributed by atoms with E-state index in [1.807, 2.05) is 0 Å². The van der Waals surface area contributed by atoms with E-state index in [1.54, 1.807) is 0 Å². The molecule has 0 fully saturated rings. The van der Waals surface area contributed by atoms with Crippen molar-refractivity contribution in [2.24, 2.45) is 0 Å². The summed E-state index contributed by atoms with van der Waals surface area (Å²) < 4.78 is 35.4. The first-order valence-electron chi connectivity index (χ1n) is 5.23. The fraction of sp³-hybridized carbons (Fsp3) is 0.500. The Bertz CT molecular complexity index is 477. The van der Waals surface area contributed by atoms with Gasteiger partial charge in [-0.05, 0) is 13.8 Å². The Hall–Kier alpha value is -1.74. The molecule has 9 heteroatoms. The van der Waals surface area contributed by atoms with Crippen LogP contribution in [0.3, 0.4) is 0 Å². The summed E-state index contributed by atoms with van der Waals surface area (Å²) in [6, 6.07) is 0. The Balaban J connectivity index is 2.70. The zero-order chi connectivity index (χ0) is 14.6. The Kier molecular flexibility index (Phi) is 4.78. The summed E-state index contributed by atoms with van der Waals surface area (Å²) >= 11 is 0. The number of nitrogens with zero attached hydrogens (tertiary/aromatic N) is 2. The highest BCUT2D eigenvalue weighted by Crippen LogP contribution is 2.23. The quantitative estimate of drug-likeness (QED) is 0.508. The number of hydroxylamine groups is 1. The maximum absolute atomic E-state index is 11.8. The van der Waals surface area contributed by atoms with Crippen LogP contribution in [0.25, 0.3) is 0 Å². The molecule has 1 rings (SSSR count). The number of rotatable bonds is 5. The van der Waals surface area contributed by atoms with Crippen LogP contribution in [0, 0.1) is 24.0 Å². The molecule has 0 saturated heterocycles. The molecule has 0 atom stereocenters. The Morgan fingerprint density at radius 2 is 2.11 bits per heavy atom. The van der Waals surface area contributed by atoms with Crippen molar-refractivity contribution in [3.63, 3.8) is 0 Å². The third-order valence-corrected chi connectivity index (χ3v) is 2.34. The SMILES string of the molecule is Cc1cnc(CNOCC(F)(F)F)c(C)c1[N+](=O)[O-]. The zero-order valence-electron chi connectivity index (χ0n) is 10.2. The number of aryl methyl sites for hydroxylation is 1. The average molecular weight is 279 g/mol. The van der Waals surface area contributed by atoms with Crippen molar-refractivity contribution >= 4 is 5.69 Å². The van der Waals surface area contributed by atoms with E-state index in [1.165, 1.54) is 20.0 Å². The van der Waals surface area contributed by atoms with E-state index in [0.717, 1.165) is 0 Å². The Labute approximate surface area is 106 Å². The molecule has 0 bridgehead atoms. The molecule has 0 spiro atoms. The molecule has 1 aromatic rings. The molecular weight excluding hydrogens is 267 g/mol. The highest BCUT2D eigenvalue weighted by molar-refractivity contribution is 5.47. The van der Waals surface area contributed by atoms with E-state index in [2.05, 4.69) is 15.3 Å². The lowest BCUT2D eigenvalue weighted by molar-refractivity contribution is -0.386. The fourth-order valence-electron chi connectivity index (χ4n) is 1.48. The highest BCUT2D eigenvalue weighted by Gasteiger charge is 2.27. The minimum Gasteiger partial charge on any atom is -0.292 e. The molecular formula is C10H12F3N3O3. The molecule has 0 unspecified atom stereocenters. The van der Waals surface area contributed by atoms with Crippen molar-refractivity contribution in [2.45, 2.75) is 26.6 Å². The smallest absolute Gasteiger partial charge is 0.292 e. The van der Waals surface area contributed by atoms with E-state index in [0.29, 0.717) is 11.1 Å². The average Bonchev–Trinajstić information content (AvgIpc) is 2.25. The van der Waals surface area contributed by atoms with Gasteiger partial charge in [-0.1, -0.05) is 0 Å². The maximum atomic E-state index is 11.8. The number of hydrogen-bond donors (Lipinski definition) is 1. The lowest BCUT2D eigenvalue weighted by atomic mass is 10.1. The van der Waals surface area contributed by atoms with Crippen LogP contribution in [0.4, 0.5) is 18.9 Å². The van der Waals surface area contributed by atoms with Crippen LogP contribution in [-0.2, 0) is 11.4 Å². The number of hydrogen-bond acceptors (Lipinski definition) is 5. The third-order valence-electron chi connectivity index (χ3n) is 2.34. The van der Waals surface area contributed by atoms with Crippen LogP contribution in [0.1, 0.15) is 16.8 Å². The van der Waals surface area contributed by atoms with Gasteiger partial charge < -0.3 is 0 Å². The van der Waals surface area contributed by atoms with Gasteiger partial charge in [-0.3, -0.25) is 19.9 Å². The van der Waals surface area contributed by atoms with Gasteiger partial charge in [0.2, 0.25) is 0 Å². The normalized spacial score (nSPS) is 11.6. The molecule has 0 saturated carbocycles. The van der Waals surface area contributed by atoms with Crippen molar-refractivity contribution in [2.75, 3.05) is 6.61 Å². The number of aromatic nitrogens is 1. The minimum atomic E-state index is -4.44. The summed E-state index contributed by atoms with van der Waals surface area (Å²) in [7, 11) is 0. The summed E-state index contributed by atoms with van der Waals surface area (Å²) in [5, 5.41) is 10.8. The van der Waals surface area contributed by atoms with E-state index in [-0.39, 0.29) is 17.9 Å². The van der Waals surface area contributed by atoms with Gasteiger partial charge in [0, 0.05) is 17.3 Å². The molecule has 0 radical (unpaired) electrons. The van der Waals surface area contributed by atoms with Crippen molar-refractivity contribution < 1.29 is 22.9 Å². The van der Waals surface area contributed by atoms with Gasteiger partial charge in [0.05, 0.1) is 17.2 Å². The van der Waals surface area contributed by atoms with Crippen LogP contribution in [-0.4, -0.2) is 22.7 Å². The number of pyridine rings is 1. The monoisotopic (exact) mass is 279 g/mol. The van der Waals surface area contributed by atoms with E-state index < -0.39 is 17.7 Å².